The lowest BCUT2D eigenvalue weighted by Gasteiger charge is -2.33. The molecule has 1 spiro atoms. The van der Waals surface area contributed by atoms with Crippen molar-refractivity contribution < 1.29 is 14.3 Å². The Labute approximate surface area is 216 Å². The number of para-hydroxylation sites is 1. The van der Waals surface area contributed by atoms with Crippen LogP contribution < -0.4 is 15.0 Å². The quantitative estimate of drug-likeness (QED) is 0.478. The second-order valence-corrected chi connectivity index (χ2v) is 11.4. The number of thioether (sulfide) groups is 1. The highest BCUT2D eigenvalue weighted by Crippen LogP contribution is 2.55. The Bertz CT molecular complexity index is 1290. The number of urea groups is 1. The van der Waals surface area contributed by atoms with Crippen LogP contribution in [-0.2, 0) is 21.6 Å². The van der Waals surface area contributed by atoms with Crippen molar-refractivity contribution in [3.05, 3.63) is 89.5 Å². The van der Waals surface area contributed by atoms with Crippen molar-refractivity contribution in [1.82, 2.24) is 4.90 Å². The van der Waals surface area contributed by atoms with Gasteiger partial charge in [-0.1, -0.05) is 63.2 Å². The molecule has 36 heavy (non-hydrogen) atoms. The molecule has 3 aromatic carbocycles. The summed E-state index contributed by atoms with van der Waals surface area (Å²) in [4.78, 5) is 30.1. The summed E-state index contributed by atoms with van der Waals surface area (Å²) in [6.45, 7) is 7.46. The van der Waals surface area contributed by atoms with E-state index in [0.717, 1.165) is 16.8 Å². The number of anilines is 2. The molecule has 6 nitrogen and oxygen atoms in total. The van der Waals surface area contributed by atoms with E-state index in [1.807, 2.05) is 53.4 Å². The number of hydrogen-bond acceptors (Lipinski definition) is 4. The molecule has 1 atom stereocenters. The molecule has 0 radical (unpaired) electrons. The molecule has 0 bridgehead atoms. The van der Waals surface area contributed by atoms with Crippen molar-refractivity contribution >= 4 is 35.1 Å². The van der Waals surface area contributed by atoms with Gasteiger partial charge in [-0.3, -0.25) is 9.69 Å². The highest BCUT2D eigenvalue weighted by atomic mass is 32.2. The molecule has 3 amide bonds. The number of carbonyl (C=O) groups is 2. The highest BCUT2D eigenvalue weighted by molar-refractivity contribution is 8.01. The molecule has 0 saturated carbocycles. The van der Waals surface area contributed by atoms with E-state index in [9.17, 15) is 9.59 Å². The summed E-state index contributed by atoms with van der Waals surface area (Å²) < 4.78 is 5.51. The standard InChI is InChI=1S/C29H31N3O3S/c1-28(2,3)21-12-10-20(11-13-21)19-31-25-15-14-23(35-4)18-24(25)29(26(31)33)32(16-17-36-29)27(34)30-22-8-6-5-7-9-22/h5-15,18H,16-17,19H2,1-4H3,(H,30,34). The van der Waals surface area contributed by atoms with Crippen molar-refractivity contribution in [2.75, 3.05) is 29.6 Å². The Kier molecular flexibility index (Phi) is 6.20. The van der Waals surface area contributed by atoms with Gasteiger partial charge >= 0.3 is 6.03 Å². The molecule has 1 N–H and O–H groups in total. The van der Waals surface area contributed by atoms with E-state index in [-0.39, 0.29) is 17.4 Å². The Morgan fingerprint density at radius 1 is 1.06 bits per heavy atom. The molecule has 0 aliphatic carbocycles. The number of nitrogens with one attached hydrogen (secondary N) is 1. The lowest BCUT2D eigenvalue weighted by atomic mass is 9.87. The summed E-state index contributed by atoms with van der Waals surface area (Å²) in [5.74, 6) is 1.23. The first-order chi connectivity index (χ1) is 17.2. The largest absolute Gasteiger partial charge is 0.497 e. The Morgan fingerprint density at radius 3 is 2.44 bits per heavy atom. The Morgan fingerprint density at radius 2 is 1.78 bits per heavy atom. The van der Waals surface area contributed by atoms with Crippen molar-refractivity contribution in [3.63, 3.8) is 0 Å². The van der Waals surface area contributed by atoms with Gasteiger partial charge in [0.05, 0.1) is 19.3 Å². The van der Waals surface area contributed by atoms with Crippen LogP contribution in [0, 0.1) is 0 Å². The minimum absolute atomic E-state index is 0.0578. The molecule has 2 heterocycles. The molecule has 7 heteroatoms. The number of nitrogens with zero attached hydrogens (tertiary/aromatic N) is 2. The number of benzene rings is 3. The first-order valence-electron chi connectivity index (χ1n) is 12.1. The number of amides is 3. The van der Waals surface area contributed by atoms with Crippen LogP contribution in [0.3, 0.4) is 0 Å². The first-order valence-corrected chi connectivity index (χ1v) is 13.1. The van der Waals surface area contributed by atoms with E-state index in [4.69, 9.17) is 4.74 Å². The molecular formula is C29H31N3O3S. The van der Waals surface area contributed by atoms with Crippen LogP contribution in [-0.4, -0.2) is 36.2 Å². The zero-order chi connectivity index (χ0) is 25.5. The van der Waals surface area contributed by atoms with Crippen LogP contribution in [0.15, 0.2) is 72.8 Å². The predicted octanol–water partition coefficient (Wildman–Crippen LogP) is 5.97. The summed E-state index contributed by atoms with van der Waals surface area (Å²) in [5.41, 5.74) is 4.65. The maximum Gasteiger partial charge on any atom is 0.323 e. The summed E-state index contributed by atoms with van der Waals surface area (Å²) in [5, 5.41) is 2.97. The fourth-order valence-electron chi connectivity index (χ4n) is 4.88. The van der Waals surface area contributed by atoms with Crippen molar-refractivity contribution in [2.24, 2.45) is 0 Å². The number of methoxy groups -OCH3 is 1. The average molecular weight is 502 g/mol. The molecule has 2 aliphatic heterocycles. The van der Waals surface area contributed by atoms with Crippen molar-refractivity contribution in [2.45, 2.75) is 37.6 Å². The van der Waals surface area contributed by atoms with Crippen LogP contribution in [0.1, 0.15) is 37.5 Å². The van der Waals surface area contributed by atoms with Crippen LogP contribution in [0.4, 0.5) is 16.2 Å². The van der Waals surface area contributed by atoms with E-state index in [1.165, 1.54) is 17.3 Å². The number of hydrogen-bond donors (Lipinski definition) is 1. The van der Waals surface area contributed by atoms with Gasteiger partial charge in [-0.25, -0.2) is 4.79 Å². The van der Waals surface area contributed by atoms with Gasteiger partial charge in [0.2, 0.25) is 0 Å². The van der Waals surface area contributed by atoms with Gasteiger partial charge in [-0.15, -0.1) is 11.8 Å². The van der Waals surface area contributed by atoms with E-state index in [2.05, 4.69) is 50.4 Å². The van der Waals surface area contributed by atoms with Gasteiger partial charge in [0.25, 0.3) is 5.91 Å². The first kappa shape index (κ1) is 24.3. The minimum Gasteiger partial charge on any atom is -0.497 e. The fraction of sp³-hybridized carbons (Fsp3) is 0.310. The molecule has 0 aromatic heterocycles. The number of ether oxygens (including phenoxy) is 1. The summed E-state index contributed by atoms with van der Waals surface area (Å²) in [6, 6.07) is 23.2. The number of fused-ring (bicyclic) bond motifs is 2. The summed E-state index contributed by atoms with van der Waals surface area (Å²) >= 11 is 1.51. The van der Waals surface area contributed by atoms with Crippen LogP contribution in [0.2, 0.25) is 0 Å². The third-order valence-corrected chi connectivity index (χ3v) is 8.25. The van der Waals surface area contributed by atoms with Crippen LogP contribution >= 0.6 is 11.8 Å². The molecule has 186 valence electrons. The maximum atomic E-state index is 14.2. The average Bonchev–Trinajstić information content (AvgIpc) is 3.41. The molecule has 5 rings (SSSR count). The predicted molar refractivity (Wildman–Crippen MR) is 146 cm³/mol. The Hall–Kier alpha value is -3.45. The molecule has 1 saturated heterocycles. The van der Waals surface area contributed by atoms with E-state index < -0.39 is 4.87 Å². The van der Waals surface area contributed by atoms with Crippen molar-refractivity contribution in [3.8, 4) is 5.75 Å². The summed E-state index contributed by atoms with van der Waals surface area (Å²) in [6.07, 6.45) is 0. The third kappa shape index (κ3) is 4.11. The topological polar surface area (TPSA) is 61.9 Å². The van der Waals surface area contributed by atoms with E-state index in [1.54, 1.807) is 12.0 Å². The lowest BCUT2D eigenvalue weighted by Crippen LogP contribution is -2.51. The fourth-order valence-corrected chi connectivity index (χ4v) is 6.34. The van der Waals surface area contributed by atoms with Gasteiger partial charge in [-0.05, 0) is 46.9 Å². The van der Waals surface area contributed by atoms with Gasteiger partial charge in [0.1, 0.15) is 5.75 Å². The van der Waals surface area contributed by atoms with E-state index in [0.29, 0.717) is 30.3 Å². The zero-order valence-corrected chi connectivity index (χ0v) is 21.9. The minimum atomic E-state index is -1.13. The van der Waals surface area contributed by atoms with E-state index >= 15 is 0 Å². The lowest BCUT2D eigenvalue weighted by molar-refractivity contribution is -0.123. The smallest absolute Gasteiger partial charge is 0.323 e. The molecular weight excluding hydrogens is 470 g/mol. The second kappa shape index (κ2) is 9.21. The SMILES string of the molecule is COc1ccc2c(c1)C1(SCCN1C(=O)Nc1ccccc1)C(=O)N2Cc1ccc(C(C)(C)C)cc1. The number of rotatable bonds is 4. The summed E-state index contributed by atoms with van der Waals surface area (Å²) in [7, 11) is 1.61. The van der Waals surface area contributed by atoms with Gasteiger partial charge in [0, 0.05) is 23.5 Å². The van der Waals surface area contributed by atoms with Gasteiger partial charge in [-0.2, -0.15) is 0 Å². The van der Waals surface area contributed by atoms with Crippen molar-refractivity contribution in [1.29, 1.82) is 0 Å². The second-order valence-electron chi connectivity index (χ2n) is 10.2. The van der Waals surface area contributed by atoms with Gasteiger partial charge < -0.3 is 15.0 Å². The Balaban J connectivity index is 1.51. The molecule has 1 fully saturated rings. The molecule has 3 aromatic rings. The highest BCUT2D eigenvalue weighted by Gasteiger charge is 2.59. The molecule has 2 aliphatic rings. The maximum absolute atomic E-state index is 14.2. The molecule has 1 unspecified atom stereocenters. The zero-order valence-electron chi connectivity index (χ0n) is 21.1. The monoisotopic (exact) mass is 501 g/mol. The van der Waals surface area contributed by atoms with Crippen LogP contribution in [0.25, 0.3) is 0 Å². The third-order valence-electron chi connectivity index (χ3n) is 6.83. The van der Waals surface area contributed by atoms with Crippen LogP contribution in [0.5, 0.6) is 5.75 Å². The number of carbonyl (C=O) groups excluding carboxylic acids is 2. The van der Waals surface area contributed by atoms with Gasteiger partial charge in [0.15, 0.2) is 4.87 Å². The normalized spacial score (nSPS) is 19.1.